The summed E-state index contributed by atoms with van der Waals surface area (Å²) in [6, 6.07) is 3.99. The summed E-state index contributed by atoms with van der Waals surface area (Å²) in [6.45, 7) is 5.23. The predicted octanol–water partition coefficient (Wildman–Crippen LogP) is 1.97. The van der Waals surface area contributed by atoms with Gasteiger partial charge in [0.25, 0.3) is 0 Å². The number of aromatic nitrogens is 4. The number of hydrogen-bond acceptors (Lipinski definition) is 7. The number of rotatable bonds is 3. The van der Waals surface area contributed by atoms with Crippen molar-refractivity contribution in [3.63, 3.8) is 0 Å². The molecule has 0 saturated carbocycles. The van der Waals surface area contributed by atoms with E-state index in [9.17, 15) is 13.6 Å². The smallest absolute Gasteiger partial charge is 0.237 e. The zero-order chi connectivity index (χ0) is 21.9. The van der Waals surface area contributed by atoms with Crippen LogP contribution in [0.1, 0.15) is 37.1 Å². The van der Waals surface area contributed by atoms with E-state index in [0.717, 1.165) is 6.07 Å². The predicted molar refractivity (Wildman–Crippen MR) is 108 cm³/mol. The van der Waals surface area contributed by atoms with E-state index < -0.39 is 23.2 Å². The number of aryl methyl sites for hydroxylation is 1. The van der Waals surface area contributed by atoms with Gasteiger partial charge < -0.3 is 5.32 Å². The van der Waals surface area contributed by atoms with Crippen LogP contribution in [0, 0.1) is 24.0 Å². The Kier molecular flexibility index (Phi) is 4.11. The number of nitrogens with zero attached hydrogens (tertiary/aromatic N) is 6. The van der Waals surface area contributed by atoms with Crippen molar-refractivity contribution in [1.82, 2.24) is 30.5 Å². The number of hydrazone groups is 1. The van der Waals surface area contributed by atoms with Gasteiger partial charge in [0.05, 0.1) is 17.3 Å². The first-order valence-corrected chi connectivity index (χ1v) is 9.62. The van der Waals surface area contributed by atoms with E-state index in [2.05, 4.69) is 35.9 Å². The average Bonchev–Trinajstić information content (AvgIpc) is 3.19. The summed E-state index contributed by atoms with van der Waals surface area (Å²) in [6.07, 6.45) is 0.900. The molecule has 1 aromatic carbocycles. The summed E-state index contributed by atoms with van der Waals surface area (Å²) in [7, 11) is 0. The topological polar surface area (TPSA) is 109 Å². The van der Waals surface area contributed by atoms with Crippen LogP contribution in [-0.2, 0) is 11.3 Å². The van der Waals surface area contributed by atoms with E-state index in [0.29, 0.717) is 34.1 Å². The van der Waals surface area contributed by atoms with Crippen molar-refractivity contribution in [2.75, 3.05) is 0 Å². The molecule has 1 atom stereocenters. The molecule has 158 valence electrons. The van der Waals surface area contributed by atoms with Crippen LogP contribution in [0.25, 0.3) is 11.0 Å². The minimum absolute atomic E-state index is 0.0296. The molecule has 11 heteroatoms. The Balaban J connectivity index is 1.58. The van der Waals surface area contributed by atoms with E-state index in [4.69, 9.17) is 0 Å². The van der Waals surface area contributed by atoms with E-state index in [1.807, 2.05) is 0 Å². The van der Waals surface area contributed by atoms with Crippen molar-refractivity contribution in [2.24, 2.45) is 15.5 Å². The molecule has 0 aliphatic carbocycles. The number of fused-ring (bicyclic) bond motifs is 2. The molecule has 9 nitrogen and oxygen atoms in total. The fourth-order valence-corrected chi connectivity index (χ4v) is 3.63. The second-order valence-electron chi connectivity index (χ2n) is 7.96. The first-order chi connectivity index (χ1) is 14.8. The van der Waals surface area contributed by atoms with Crippen LogP contribution in [0.4, 0.5) is 8.78 Å². The Morgan fingerprint density at radius 3 is 2.87 bits per heavy atom. The molecule has 2 aliphatic rings. The maximum absolute atomic E-state index is 14.2. The Morgan fingerprint density at radius 1 is 1.26 bits per heavy atom. The Morgan fingerprint density at radius 2 is 2.06 bits per heavy atom. The molecule has 1 saturated heterocycles. The van der Waals surface area contributed by atoms with Crippen LogP contribution in [0.5, 0.6) is 0 Å². The number of carbonyl (C=O) groups excluding carboxylic acids is 1. The lowest BCUT2D eigenvalue weighted by atomic mass is 9.89. The number of nitrogens with one attached hydrogen (secondary N) is 2. The third-order valence-corrected chi connectivity index (χ3v) is 5.42. The molecule has 0 radical (unpaired) electrons. The molecule has 2 aliphatic heterocycles. The van der Waals surface area contributed by atoms with Gasteiger partial charge in [0.15, 0.2) is 29.3 Å². The van der Waals surface area contributed by atoms with E-state index in [-0.39, 0.29) is 18.0 Å². The number of carbonyl (C=O) groups is 1. The fraction of sp³-hybridized carbons (Fsp3) is 0.300. The first-order valence-electron chi connectivity index (χ1n) is 9.62. The number of aliphatic imine (C=N–C) groups is 1. The van der Waals surface area contributed by atoms with Crippen LogP contribution in [0.15, 0.2) is 34.5 Å². The Labute approximate surface area is 175 Å². The van der Waals surface area contributed by atoms with Crippen molar-refractivity contribution < 1.29 is 13.6 Å². The number of benzene rings is 1. The highest BCUT2D eigenvalue weighted by Crippen LogP contribution is 2.30. The van der Waals surface area contributed by atoms with Gasteiger partial charge >= 0.3 is 0 Å². The summed E-state index contributed by atoms with van der Waals surface area (Å²) >= 11 is 0. The number of amidine groups is 1. The lowest BCUT2D eigenvalue weighted by molar-refractivity contribution is -0.123. The van der Waals surface area contributed by atoms with Crippen molar-refractivity contribution >= 4 is 28.5 Å². The number of halogens is 2. The minimum atomic E-state index is -0.931. The second-order valence-corrected chi connectivity index (χ2v) is 7.96. The normalized spacial score (nSPS) is 19.5. The van der Waals surface area contributed by atoms with Crippen LogP contribution in [-0.4, -0.2) is 37.2 Å². The molecular formula is C20H18F2N8O. The number of amides is 1. The molecular weight excluding hydrogens is 406 g/mol. The third kappa shape index (κ3) is 2.95. The summed E-state index contributed by atoms with van der Waals surface area (Å²) in [5.41, 5.74) is 3.71. The van der Waals surface area contributed by atoms with E-state index >= 15 is 0 Å². The highest BCUT2D eigenvalue weighted by atomic mass is 19.2. The van der Waals surface area contributed by atoms with Gasteiger partial charge in [-0.3, -0.25) is 10.2 Å². The summed E-state index contributed by atoms with van der Waals surface area (Å²) in [4.78, 5) is 25.4. The van der Waals surface area contributed by atoms with Crippen LogP contribution >= 0.6 is 0 Å². The lowest BCUT2D eigenvalue weighted by Crippen LogP contribution is -2.34. The SMILES string of the molecule is Cc1ncc2c(C3N=C4NC(=O)C(C)(C)C4=NN3)nn(Cc3cccc(F)c3F)c2n1. The fourth-order valence-electron chi connectivity index (χ4n) is 3.63. The van der Waals surface area contributed by atoms with Crippen molar-refractivity contribution in [1.29, 1.82) is 0 Å². The molecule has 1 fully saturated rings. The molecule has 4 heterocycles. The molecule has 3 aromatic rings. The quantitative estimate of drug-likeness (QED) is 0.668. The lowest BCUT2D eigenvalue weighted by Gasteiger charge is -2.20. The van der Waals surface area contributed by atoms with Gasteiger partial charge in [0.1, 0.15) is 17.2 Å². The monoisotopic (exact) mass is 424 g/mol. The standard InChI is InChI=1S/C20H18F2N8O/c1-9-23-7-11-14(16-25-17-15(27-28-16)20(2,3)19(31)26-17)29-30(18(11)24-9)8-10-5-4-6-12(21)13(10)22/h4-7,16,28H,8H2,1-3H3,(H,25,26,31). The van der Waals surface area contributed by atoms with Gasteiger partial charge in [-0.2, -0.15) is 10.2 Å². The zero-order valence-corrected chi connectivity index (χ0v) is 16.9. The van der Waals surface area contributed by atoms with Gasteiger partial charge in [0.2, 0.25) is 5.91 Å². The molecule has 2 aromatic heterocycles. The van der Waals surface area contributed by atoms with Gasteiger partial charge in [-0.1, -0.05) is 12.1 Å². The third-order valence-electron chi connectivity index (χ3n) is 5.42. The summed E-state index contributed by atoms with van der Waals surface area (Å²) in [5, 5.41) is 12.2. The second kappa shape index (κ2) is 6.62. The Hall–Kier alpha value is -3.76. The highest BCUT2D eigenvalue weighted by molar-refractivity contribution is 6.53. The molecule has 31 heavy (non-hydrogen) atoms. The van der Waals surface area contributed by atoms with Crippen molar-refractivity contribution in [3.05, 3.63) is 53.1 Å². The first kappa shape index (κ1) is 19.2. The Bertz CT molecular complexity index is 1310. The molecule has 0 bridgehead atoms. The largest absolute Gasteiger partial charge is 0.308 e. The van der Waals surface area contributed by atoms with Gasteiger partial charge in [-0.05, 0) is 26.8 Å². The van der Waals surface area contributed by atoms with Gasteiger partial charge in [-0.15, -0.1) is 0 Å². The molecule has 0 spiro atoms. The highest BCUT2D eigenvalue weighted by Gasteiger charge is 2.46. The van der Waals surface area contributed by atoms with E-state index in [1.165, 1.54) is 16.8 Å². The molecule has 1 unspecified atom stereocenters. The number of hydrogen-bond donors (Lipinski definition) is 2. The summed E-state index contributed by atoms with van der Waals surface area (Å²) in [5.74, 6) is -1.16. The average molecular weight is 424 g/mol. The van der Waals surface area contributed by atoms with Gasteiger partial charge in [-0.25, -0.2) is 28.4 Å². The maximum atomic E-state index is 14.2. The molecule has 2 N–H and O–H groups in total. The summed E-state index contributed by atoms with van der Waals surface area (Å²) < 4.78 is 29.4. The molecule has 1 amide bonds. The van der Waals surface area contributed by atoms with Crippen molar-refractivity contribution in [3.8, 4) is 0 Å². The van der Waals surface area contributed by atoms with Crippen LogP contribution in [0.2, 0.25) is 0 Å². The zero-order valence-electron chi connectivity index (χ0n) is 16.9. The van der Waals surface area contributed by atoms with Gasteiger partial charge in [0, 0.05) is 11.8 Å². The van der Waals surface area contributed by atoms with Crippen LogP contribution in [0.3, 0.4) is 0 Å². The van der Waals surface area contributed by atoms with E-state index in [1.54, 1.807) is 27.0 Å². The minimum Gasteiger partial charge on any atom is -0.308 e. The van der Waals surface area contributed by atoms with Crippen molar-refractivity contribution in [2.45, 2.75) is 33.5 Å². The molecule has 5 rings (SSSR count). The maximum Gasteiger partial charge on any atom is 0.237 e. The van der Waals surface area contributed by atoms with Crippen LogP contribution < -0.4 is 10.7 Å².